The monoisotopic (exact) mass is 277 g/mol. The molecule has 2 rings (SSSR count). The van der Waals surface area contributed by atoms with Gasteiger partial charge in [-0.25, -0.2) is 4.98 Å². The first-order chi connectivity index (χ1) is 9.17. The lowest BCUT2D eigenvalue weighted by molar-refractivity contribution is 0.515. The van der Waals surface area contributed by atoms with E-state index >= 15 is 0 Å². The average molecular weight is 277 g/mol. The highest BCUT2D eigenvalue weighted by atomic mass is 32.1. The molecule has 0 saturated heterocycles. The van der Waals surface area contributed by atoms with Crippen LogP contribution < -0.4 is 10.9 Å². The zero-order valence-corrected chi connectivity index (χ0v) is 12.3. The van der Waals surface area contributed by atoms with Gasteiger partial charge >= 0.3 is 0 Å². The predicted octanol–water partition coefficient (Wildman–Crippen LogP) is 3.37. The van der Waals surface area contributed by atoms with Crippen molar-refractivity contribution in [1.29, 1.82) is 0 Å². The third kappa shape index (κ3) is 2.87. The van der Waals surface area contributed by atoms with Crippen LogP contribution >= 0.6 is 11.3 Å². The molecule has 0 bridgehead atoms. The number of hydrogen-bond acceptors (Lipinski definition) is 4. The van der Waals surface area contributed by atoms with Crippen LogP contribution in [0.1, 0.15) is 33.2 Å². The van der Waals surface area contributed by atoms with Crippen LogP contribution in [-0.4, -0.2) is 16.1 Å². The fourth-order valence-corrected chi connectivity index (χ4v) is 2.66. The summed E-state index contributed by atoms with van der Waals surface area (Å²) in [5.41, 5.74) is 1.46. The molecule has 5 heteroatoms. The summed E-state index contributed by atoms with van der Waals surface area (Å²) in [4.78, 5) is 16.9. The summed E-state index contributed by atoms with van der Waals surface area (Å²) in [7, 11) is 0. The van der Waals surface area contributed by atoms with E-state index in [2.05, 4.69) is 24.1 Å². The van der Waals surface area contributed by atoms with Gasteiger partial charge < -0.3 is 9.88 Å². The summed E-state index contributed by atoms with van der Waals surface area (Å²) in [5, 5.41) is 5.95. The van der Waals surface area contributed by atoms with Crippen LogP contribution in [0.5, 0.6) is 0 Å². The molecular formula is C14H19N3OS. The van der Waals surface area contributed by atoms with Crippen LogP contribution in [0, 0.1) is 0 Å². The summed E-state index contributed by atoms with van der Waals surface area (Å²) < 4.78 is 1.78. The second-order valence-electron chi connectivity index (χ2n) is 4.46. The van der Waals surface area contributed by atoms with Crippen molar-refractivity contribution >= 4 is 16.5 Å². The highest BCUT2D eigenvalue weighted by molar-refractivity contribution is 7.14. The molecule has 0 fully saturated rings. The van der Waals surface area contributed by atoms with Crippen LogP contribution in [0.2, 0.25) is 0 Å². The number of nitrogens with zero attached hydrogens (tertiary/aromatic N) is 2. The van der Waals surface area contributed by atoms with E-state index in [1.54, 1.807) is 4.57 Å². The van der Waals surface area contributed by atoms with E-state index in [1.807, 2.05) is 30.6 Å². The maximum absolute atomic E-state index is 12.4. The maximum atomic E-state index is 12.4. The predicted molar refractivity (Wildman–Crippen MR) is 81.0 cm³/mol. The number of anilines is 1. The summed E-state index contributed by atoms with van der Waals surface area (Å²) in [5.74, 6) is 0. The van der Waals surface area contributed by atoms with E-state index in [9.17, 15) is 4.79 Å². The van der Waals surface area contributed by atoms with Crippen molar-refractivity contribution in [2.45, 2.75) is 33.2 Å². The molecule has 1 N–H and O–H groups in total. The van der Waals surface area contributed by atoms with Crippen molar-refractivity contribution in [3.63, 3.8) is 0 Å². The zero-order valence-electron chi connectivity index (χ0n) is 11.5. The van der Waals surface area contributed by atoms with Gasteiger partial charge in [-0.2, -0.15) is 0 Å². The first-order valence-electron chi connectivity index (χ1n) is 6.58. The number of hydrogen-bond donors (Lipinski definition) is 1. The topological polar surface area (TPSA) is 46.9 Å². The normalized spacial score (nSPS) is 12.4. The molecule has 1 unspecified atom stereocenters. The van der Waals surface area contributed by atoms with Crippen molar-refractivity contribution < 1.29 is 0 Å². The van der Waals surface area contributed by atoms with Gasteiger partial charge in [-0.05, 0) is 32.4 Å². The Morgan fingerprint density at radius 2 is 2.26 bits per heavy atom. The molecule has 102 valence electrons. The first kappa shape index (κ1) is 13.8. The molecule has 0 aliphatic carbocycles. The fraction of sp³-hybridized carbons (Fsp3) is 0.429. The molecule has 0 radical (unpaired) electrons. The molecule has 2 aromatic heterocycles. The Morgan fingerprint density at radius 3 is 2.95 bits per heavy atom. The third-order valence-corrected chi connectivity index (χ3v) is 3.95. The smallest absolute Gasteiger partial charge is 0.260 e. The Kier molecular flexibility index (Phi) is 4.37. The Bertz CT molecular complexity index is 603. The van der Waals surface area contributed by atoms with E-state index in [0.717, 1.165) is 23.8 Å². The first-order valence-corrected chi connectivity index (χ1v) is 7.46. The largest absolute Gasteiger partial charge is 0.362 e. The van der Waals surface area contributed by atoms with Gasteiger partial charge in [0.15, 0.2) is 5.13 Å². The SMILES string of the molecule is CCNc1nc(-c2cccn(C(C)CC)c2=O)cs1. The van der Waals surface area contributed by atoms with Crippen LogP contribution in [-0.2, 0) is 0 Å². The van der Waals surface area contributed by atoms with Crippen LogP contribution in [0.15, 0.2) is 28.5 Å². The van der Waals surface area contributed by atoms with E-state index < -0.39 is 0 Å². The molecule has 0 amide bonds. The lowest BCUT2D eigenvalue weighted by atomic mass is 10.2. The molecule has 0 aromatic carbocycles. The Labute approximate surface area is 117 Å². The zero-order chi connectivity index (χ0) is 13.8. The molecule has 2 aromatic rings. The minimum Gasteiger partial charge on any atom is -0.362 e. The highest BCUT2D eigenvalue weighted by Gasteiger charge is 2.12. The fourth-order valence-electron chi connectivity index (χ4n) is 1.88. The Morgan fingerprint density at radius 1 is 1.47 bits per heavy atom. The summed E-state index contributed by atoms with van der Waals surface area (Å²) >= 11 is 1.53. The van der Waals surface area contributed by atoms with Gasteiger partial charge in [0.25, 0.3) is 5.56 Å². The highest BCUT2D eigenvalue weighted by Crippen LogP contribution is 2.22. The Balaban J connectivity index is 2.42. The van der Waals surface area contributed by atoms with Crippen molar-refractivity contribution in [3.8, 4) is 11.3 Å². The number of rotatable bonds is 5. The molecule has 4 nitrogen and oxygen atoms in total. The third-order valence-electron chi connectivity index (χ3n) is 3.15. The number of aromatic nitrogens is 2. The molecule has 0 saturated carbocycles. The quantitative estimate of drug-likeness (QED) is 0.911. The lowest BCUT2D eigenvalue weighted by Crippen LogP contribution is -2.23. The summed E-state index contributed by atoms with van der Waals surface area (Å²) in [6.07, 6.45) is 2.78. The Hall–Kier alpha value is -1.62. The number of nitrogens with one attached hydrogen (secondary N) is 1. The van der Waals surface area contributed by atoms with Crippen LogP contribution in [0.3, 0.4) is 0 Å². The van der Waals surface area contributed by atoms with Gasteiger partial charge in [-0.1, -0.05) is 6.92 Å². The average Bonchev–Trinajstić information content (AvgIpc) is 2.87. The van der Waals surface area contributed by atoms with Crippen molar-refractivity contribution in [3.05, 3.63) is 34.1 Å². The molecule has 0 spiro atoms. The van der Waals surface area contributed by atoms with Gasteiger partial charge in [0.05, 0.1) is 11.3 Å². The van der Waals surface area contributed by atoms with E-state index in [1.165, 1.54) is 11.3 Å². The molecule has 2 heterocycles. The lowest BCUT2D eigenvalue weighted by Gasteiger charge is -2.13. The standard InChI is InChI=1S/C14H19N3OS/c1-4-10(3)17-8-6-7-11(13(17)18)12-9-19-14(16-12)15-5-2/h6-10H,4-5H2,1-3H3,(H,15,16). The summed E-state index contributed by atoms with van der Waals surface area (Å²) in [6.45, 7) is 6.99. The van der Waals surface area contributed by atoms with Crippen molar-refractivity contribution in [1.82, 2.24) is 9.55 Å². The summed E-state index contributed by atoms with van der Waals surface area (Å²) in [6, 6.07) is 3.96. The van der Waals surface area contributed by atoms with Crippen molar-refractivity contribution in [2.75, 3.05) is 11.9 Å². The van der Waals surface area contributed by atoms with Gasteiger partial charge in [-0.3, -0.25) is 4.79 Å². The molecule has 0 aliphatic rings. The van der Waals surface area contributed by atoms with E-state index in [0.29, 0.717) is 5.56 Å². The van der Waals surface area contributed by atoms with Gasteiger partial charge in [0, 0.05) is 24.2 Å². The van der Waals surface area contributed by atoms with Crippen molar-refractivity contribution in [2.24, 2.45) is 0 Å². The van der Waals surface area contributed by atoms with Gasteiger partial charge in [-0.15, -0.1) is 11.3 Å². The van der Waals surface area contributed by atoms with Crippen LogP contribution in [0.4, 0.5) is 5.13 Å². The van der Waals surface area contributed by atoms with Crippen LogP contribution in [0.25, 0.3) is 11.3 Å². The minimum absolute atomic E-state index is 0.0326. The van der Waals surface area contributed by atoms with E-state index in [-0.39, 0.29) is 11.6 Å². The number of pyridine rings is 1. The molecule has 0 aliphatic heterocycles. The van der Waals surface area contributed by atoms with E-state index in [4.69, 9.17) is 0 Å². The minimum atomic E-state index is 0.0326. The molecular weight excluding hydrogens is 258 g/mol. The molecule has 19 heavy (non-hydrogen) atoms. The second kappa shape index (κ2) is 6.02. The maximum Gasteiger partial charge on any atom is 0.260 e. The van der Waals surface area contributed by atoms with Gasteiger partial charge in [0.1, 0.15) is 0 Å². The second-order valence-corrected chi connectivity index (χ2v) is 5.32. The number of thiazole rings is 1. The van der Waals surface area contributed by atoms with Gasteiger partial charge in [0.2, 0.25) is 0 Å². The molecule has 1 atom stereocenters.